The average molecular weight is 191 g/mol. The molecule has 76 valence electrons. The zero-order valence-electron chi connectivity index (χ0n) is 8.83. The van der Waals surface area contributed by atoms with E-state index in [0.29, 0.717) is 6.04 Å². The average Bonchev–Trinajstić information content (AvgIpc) is 2.98. The predicted octanol–water partition coefficient (Wildman–Crippen LogP) is 1.85. The summed E-state index contributed by atoms with van der Waals surface area (Å²) in [7, 11) is 0. The van der Waals surface area contributed by atoms with E-state index in [1.807, 2.05) is 6.92 Å². The Labute approximate surface area is 85.0 Å². The summed E-state index contributed by atoms with van der Waals surface area (Å²) < 4.78 is 0. The quantitative estimate of drug-likeness (QED) is 0.789. The summed E-state index contributed by atoms with van der Waals surface area (Å²) >= 11 is 0. The van der Waals surface area contributed by atoms with Crippen molar-refractivity contribution in [2.75, 3.05) is 6.54 Å². The molecule has 0 radical (unpaired) electrons. The first kappa shape index (κ1) is 9.59. The van der Waals surface area contributed by atoms with Crippen LogP contribution in [0, 0.1) is 12.8 Å². The lowest BCUT2D eigenvalue weighted by atomic mass is 10.2. The normalized spacial score (nSPS) is 18.1. The van der Waals surface area contributed by atoms with Crippen molar-refractivity contribution in [3.05, 3.63) is 23.8 Å². The summed E-state index contributed by atoms with van der Waals surface area (Å²) in [5.74, 6) is 0.912. The van der Waals surface area contributed by atoms with Gasteiger partial charge in [-0.2, -0.15) is 0 Å². The minimum Gasteiger partial charge on any atom is -0.309 e. The number of nitrogens with one attached hydrogen (secondary N) is 1. The van der Waals surface area contributed by atoms with Crippen LogP contribution in [0.2, 0.25) is 0 Å². The van der Waals surface area contributed by atoms with Crippen molar-refractivity contribution in [1.82, 2.24) is 15.3 Å². The van der Waals surface area contributed by atoms with Gasteiger partial charge in [-0.1, -0.05) is 0 Å². The molecule has 0 amide bonds. The van der Waals surface area contributed by atoms with Gasteiger partial charge in [-0.25, -0.2) is 0 Å². The van der Waals surface area contributed by atoms with E-state index in [1.54, 1.807) is 12.4 Å². The molecule has 1 unspecified atom stereocenters. The van der Waals surface area contributed by atoms with E-state index in [1.165, 1.54) is 12.8 Å². The first-order chi connectivity index (χ1) is 6.77. The van der Waals surface area contributed by atoms with Gasteiger partial charge in [-0.05, 0) is 39.2 Å². The molecule has 1 saturated carbocycles. The molecule has 0 spiro atoms. The van der Waals surface area contributed by atoms with Crippen molar-refractivity contribution in [2.45, 2.75) is 32.7 Å². The Hall–Kier alpha value is -0.960. The lowest BCUT2D eigenvalue weighted by Gasteiger charge is -2.14. The Kier molecular flexibility index (Phi) is 2.77. The fourth-order valence-corrected chi connectivity index (χ4v) is 1.61. The topological polar surface area (TPSA) is 37.8 Å². The van der Waals surface area contributed by atoms with Crippen molar-refractivity contribution in [3.63, 3.8) is 0 Å². The largest absolute Gasteiger partial charge is 0.309 e. The Morgan fingerprint density at radius 1 is 1.43 bits per heavy atom. The molecule has 3 nitrogen and oxygen atoms in total. The van der Waals surface area contributed by atoms with Crippen LogP contribution in [-0.2, 0) is 0 Å². The molecule has 1 aromatic heterocycles. The minimum atomic E-state index is 0.323. The van der Waals surface area contributed by atoms with E-state index in [4.69, 9.17) is 0 Å². The van der Waals surface area contributed by atoms with E-state index in [9.17, 15) is 0 Å². The number of aromatic nitrogens is 2. The van der Waals surface area contributed by atoms with Crippen LogP contribution in [0.25, 0.3) is 0 Å². The molecular formula is C11H17N3. The second-order valence-electron chi connectivity index (χ2n) is 4.10. The van der Waals surface area contributed by atoms with Gasteiger partial charge in [0, 0.05) is 18.4 Å². The molecule has 2 rings (SSSR count). The Bertz CT molecular complexity index is 307. The van der Waals surface area contributed by atoms with Gasteiger partial charge in [0.1, 0.15) is 0 Å². The van der Waals surface area contributed by atoms with E-state index in [-0.39, 0.29) is 0 Å². The third-order valence-corrected chi connectivity index (χ3v) is 2.74. The first-order valence-corrected chi connectivity index (χ1v) is 5.28. The highest BCUT2D eigenvalue weighted by atomic mass is 15.0. The summed E-state index contributed by atoms with van der Waals surface area (Å²) in [5.41, 5.74) is 2.11. The van der Waals surface area contributed by atoms with Crippen LogP contribution in [0.1, 0.15) is 37.2 Å². The molecule has 0 bridgehead atoms. The summed E-state index contributed by atoms with van der Waals surface area (Å²) in [6.07, 6.45) is 6.28. The van der Waals surface area contributed by atoms with E-state index in [0.717, 1.165) is 23.9 Å². The molecule has 0 saturated heterocycles. The highest BCUT2D eigenvalue weighted by molar-refractivity contribution is 5.12. The SMILES string of the molecule is Cc1nccnc1C(C)NCC1CC1. The van der Waals surface area contributed by atoms with Gasteiger partial charge in [0.2, 0.25) is 0 Å². The van der Waals surface area contributed by atoms with Crippen molar-refractivity contribution in [2.24, 2.45) is 5.92 Å². The van der Waals surface area contributed by atoms with Gasteiger partial charge in [0.25, 0.3) is 0 Å². The smallest absolute Gasteiger partial charge is 0.0782 e. The summed E-state index contributed by atoms with van der Waals surface area (Å²) in [5, 5.41) is 3.50. The van der Waals surface area contributed by atoms with Crippen molar-refractivity contribution < 1.29 is 0 Å². The van der Waals surface area contributed by atoms with Crippen LogP contribution >= 0.6 is 0 Å². The molecular weight excluding hydrogens is 174 g/mol. The van der Waals surface area contributed by atoms with Crippen molar-refractivity contribution in [1.29, 1.82) is 0 Å². The summed E-state index contributed by atoms with van der Waals surface area (Å²) in [4.78, 5) is 8.59. The molecule has 0 aromatic carbocycles. The number of hydrogen-bond acceptors (Lipinski definition) is 3. The maximum atomic E-state index is 4.35. The van der Waals surface area contributed by atoms with Crippen molar-refractivity contribution in [3.8, 4) is 0 Å². The molecule has 1 aliphatic rings. The molecule has 0 aliphatic heterocycles. The monoisotopic (exact) mass is 191 g/mol. The van der Waals surface area contributed by atoms with Crippen LogP contribution in [-0.4, -0.2) is 16.5 Å². The second kappa shape index (κ2) is 4.05. The van der Waals surface area contributed by atoms with E-state index < -0.39 is 0 Å². The van der Waals surface area contributed by atoms with Gasteiger partial charge in [0.05, 0.1) is 11.4 Å². The minimum absolute atomic E-state index is 0.323. The van der Waals surface area contributed by atoms with Gasteiger partial charge in [-0.15, -0.1) is 0 Å². The Morgan fingerprint density at radius 3 is 2.79 bits per heavy atom. The molecule has 14 heavy (non-hydrogen) atoms. The van der Waals surface area contributed by atoms with Gasteiger partial charge < -0.3 is 5.32 Å². The fraction of sp³-hybridized carbons (Fsp3) is 0.636. The standard InChI is InChI=1S/C11H17N3/c1-8-11(13-6-5-12-8)9(2)14-7-10-3-4-10/h5-6,9-10,14H,3-4,7H2,1-2H3. The maximum absolute atomic E-state index is 4.35. The first-order valence-electron chi connectivity index (χ1n) is 5.28. The number of rotatable bonds is 4. The summed E-state index contributed by atoms with van der Waals surface area (Å²) in [6, 6.07) is 0.323. The molecule has 1 N–H and O–H groups in total. The highest BCUT2D eigenvalue weighted by Crippen LogP contribution is 2.28. The van der Waals surface area contributed by atoms with Crippen molar-refractivity contribution >= 4 is 0 Å². The van der Waals surface area contributed by atoms with Gasteiger partial charge in [-0.3, -0.25) is 9.97 Å². The Morgan fingerprint density at radius 2 is 2.14 bits per heavy atom. The van der Waals surface area contributed by atoms with Gasteiger partial charge >= 0.3 is 0 Å². The van der Waals surface area contributed by atoms with E-state index >= 15 is 0 Å². The zero-order valence-corrected chi connectivity index (χ0v) is 8.83. The number of aryl methyl sites for hydroxylation is 1. The molecule has 1 aromatic rings. The second-order valence-corrected chi connectivity index (χ2v) is 4.10. The number of hydrogen-bond donors (Lipinski definition) is 1. The van der Waals surface area contributed by atoms with Crippen LogP contribution in [0.5, 0.6) is 0 Å². The van der Waals surface area contributed by atoms with E-state index in [2.05, 4.69) is 22.2 Å². The summed E-state index contributed by atoms with van der Waals surface area (Å²) in [6.45, 7) is 5.29. The molecule has 1 fully saturated rings. The van der Waals surface area contributed by atoms with Crippen LogP contribution in [0.15, 0.2) is 12.4 Å². The third-order valence-electron chi connectivity index (χ3n) is 2.74. The third kappa shape index (κ3) is 2.29. The lowest BCUT2D eigenvalue weighted by molar-refractivity contribution is 0.533. The zero-order chi connectivity index (χ0) is 9.97. The molecule has 3 heteroatoms. The highest BCUT2D eigenvalue weighted by Gasteiger charge is 2.22. The molecule has 1 heterocycles. The Balaban J connectivity index is 1.95. The number of nitrogens with zero attached hydrogens (tertiary/aromatic N) is 2. The van der Waals surface area contributed by atoms with Crippen LogP contribution in [0.3, 0.4) is 0 Å². The molecule has 1 aliphatic carbocycles. The lowest BCUT2D eigenvalue weighted by Crippen LogP contribution is -2.22. The van der Waals surface area contributed by atoms with Crippen LogP contribution < -0.4 is 5.32 Å². The van der Waals surface area contributed by atoms with Crippen LogP contribution in [0.4, 0.5) is 0 Å². The van der Waals surface area contributed by atoms with Gasteiger partial charge in [0.15, 0.2) is 0 Å². The fourth-order valence-electron chi connectivity index (χ4n) is 1.61. The predicted molar refractivity (Wildman–Crippen MR) is 55.9 cm³/mol. The molecule has 1 atom stereocenters. The maximum Gasteiger partial charge on any atom is 0.0782 e.